The maximum absolute atomic E-state index is 12.5. The second-order valence-corrected chi connectivity index (χ2v) is 14.1. The van der Waals surface area contributed by atoms with E-state index in [0.717, 1.165) is 17.2 Å². The fourth-order valence-electron chi connectivity index (χ4n) is 3.86. The molecule has 3 aromatic heterocycles. The average Bonchev–Trinajstić information content (AvgIpc) is 3.45. The molecule has 1 aromatic carbocycles. The van der Waals surface area contributed by atoms with Crippen LogP contribution in [0, 0.1) is 0 Å². The van der Waals surface area contributed by atoms with Crippen molar-refractivity contribution in [3.05, 3.63) is 47.1 Å². The van der Waals surface area contributed by atoms with Gasteiger partial charge in [0.05, 0.1) is 22.0 Å². The molecular weight excluding hydrogens is 709 g/mol. The summed E-state index contributed by atoms with van der Waals surface area (Å²) in [6, 6.07) is 5.91. The van der Waals surface area contributed by atoms with Crippen LogP contribution in [0.2, 0.25) is 0 Å². The Balaban J connectivity index is 1.22. The number of phenols is 1. The Labute approximate surface area is 247 Å². The SMILES string of the molecule is Nc1ncnc2c1ncn2[C@@H]1O[C@H](OP(=O)(O)OP(=O)(O)OP(=O)(O)OCc2ccc3ccc(O)c(Br)c3n2)[C@H](O)C1O. The number of phosphoric acid groups is 3. The minimum atomic E-state index is -5.89. The number of hydrogen-bond donors (Lipinski definition) is 7. The van der Waals surface area contributed by atoms with E-state index < -0.39 is 54.8 Å². The van der Waals surface area contributed by atoms with E-state index >= 15 is 0 Å². The standard InChI is InChI=1S/C19H20BrN6O14P3/c20-11-10(27)4-2-8-1-3-9(25-12(8)11)5-36-41(30,31)39-43(34,35)40-42(32,33)38-19-15(29)14(28)18(37-19)26-7-24-13-16(21)22-6-23-17(13)26/h1-4,6-7,14-15,18-19,27-29H,5H2,(H,30,31)(H,32,33)(H,34,35)(H2,21,22,23)/t14?,15-,18-,19-/m1/s1. The molecule has 0 spiro atoms. The predicted octanol–water partition coefficient (Wildman–Crippen LogP) is 1.57. The van der Waals surface area contributed by atoms with E-state index in [4.69, 9.17) is 10.5 Å². The van der Waals surface area contributed by atoms with Crippen LogP contribution in [0.25, 0.3) is 22.1 Å². The molecule has 0 bridgehead atoms. The van der Waals surface area contributed by atoms with Gasteiger partial charge in [0.2, 0.25) is 0 Å². The molecule has 5 rings (SSSR count). The number of anilines is 1. The van der Waals surface area contributed by atoms with Crippen molar-refractivity contribution >= 4 is 67.3 Å². The Morgan fingerprint density at radius 1 is 0.953 bits per heavy atom. The molecule has 7 atom stereocenters. The van der Waals surface area contributed by atoms with Gasteiger partial charge in [-0.3, -0.25) is 13.6 Å². The number of aliphatic hydroxyl groups excluding tert-OH is 2. The number of aromatic nitrogens is 5. The molecule has 43 heavy (non-hydrogen) atoms. The number of rotatable bonds is 10. The van der Waals surface area contributed by atoms with Crippen LogP contribution in [0.4, 0.5) is 5.82 Å². The van der Waals surface area contributed by atoms with Crippen LogP contribution in [0.1, 0.15) is 11.9 Å². The number of imidazole rings is 1. The van der Waals surface area contributed by atoms with Gasteiger partial charge in [0.1, 0.15) is 36.4 Å². The van der Waals surface area contributed by atoms with E-state index in [-0.39, 0.29) is 38.4 Å². The zero-order valence-electron chi connectivity index (χ0n) is 21.0. The third-order valence-corrected chi connectivity index (χ3v) is 10.7. The van der Waals surface area contributed by atoms with Crippen LogP contribution in [-0.2, 0) is 42.7 Å². The van der Waals surface area contributed by atoms with E-state index in [1.54, 1.807) is 12.1 Å². The van der Waals surface area contributed by atoms with Gasteiger partial charge in [-0.1, -0.05) is 6.07 Å². The predicted molar refractivity (Wildman–Crippen MR) is 144 cm³/mol. The van der Waals surface area contributed by atoms with Gasteiger partial charge in [0.25, 0.3) is 0 Å². The molecule has 4 heterocycles. The number of aromatic hydroxyl groups is 1. The van der Waals surface area contributed by atoms with E-state index in [2.05, 4.69) is 53.5 Å². The van der Waals surface area contributed by atoms with Crippen LogP contribution < -0.4 is 5.73 Å². The van der Waals surface area contributed by atoms with Gasteiger partial charge in [-0.15, -0.1) is 0 Å². The summed E-state index contributed by atoms with van der Waals surface area (Å²) >= 11 is 3.15. The number of pyridine rings is 1. The second-order valence-electron chi connectivity index (χ2n) is 8.68. The molecule has 1 aliphatic rings. The van der Waals surface area contributed by atoms with Crippen molar-refractivity contribution in [1.29, 1.82) is 0 Å². The van der Waals surface area contributed by atoms with E-state index in [0.29, 0.717) is 5.39 Å². The Bertz CT molecular complexity index is 1850. The highest BCUT2D eigenvalue weighted by molar-refractivity contribution is 9.10. The summed E-state index contributed by atoms with van der Waals surface area (Å²) in [6.07, 6.45) is -5.26. The zero-order valence-corrected chi connectivity index (χ0v) is 25.2. The lowest BCUT2D eigenvalue weighted by Gasteiger charge is -2.21. The van der Waals surface area contributed by atoms with Gasteiger partial charge in [-0.2, -0.15) is 8.62 Å². The largest absolute Gasteiger partial charge is 0.507 e. The Morgan fingerprint density at radius 2 is 1.65 bits per heavy atom. The molecular formula is C19H20BrN6O14P3. The lowest BCUT2D eigenvalue weighted by atomic mass is 10.2. The number of nitrogens with zero attached hydrogens (tertiary/aromatic N) is 5. The van der Waals surface area contributed by atoms with Gasteiger partial charge in [-0.05, 0) is 34.1 Å². The van der Waals surface area contributed by atoms with Crippen molar-refractivity contribution in [1.82, 2.24) is 24.5 Å². The Hall–Kier alpha value is -2.45. The molecule has 0 aliphatic carbocycles. The van der Waals surface area contributed by atoms with Gasteiger partial charge in [0.15, 0.2) is 24.0 Å². The first-order valence-corrected chi connectivity index (χ1v) is 16.8. The van der Waals surface area contributed by atoms with Gasteiger partial charge in [0, 0.05) is 5.39 Å². The first kappa shape index (κ1) is 32.0. The average molecular weight is 729 g/mol. The molecule has 1 saturated heterocycles. The number of phenolic OH excluding ortho intramolecular Hbond substituents is 1. The second kappa shape index (κ2) is 11.8. The summed E-state index contributed by atoms with van der Waals surface area (Å²) in [5, 5.41) is 31.1. The maximum Gasteiger partial charge on any atom is 0.490 e. The zero-order chi connectivity index (χ0) is 31.3. The fourth-order valence-corrected chi connectivity index (χ4v) is 7.86. The molecule has 0 saturated carbocycles. The lowest BCUT2D eigenvalue weighted by Crippen LogP contribution is -2.32. The van der Waals surface area contributed by atoms with Crippen molar-refractivity contribution in [2.75, 3.05) is 5.73 Å². The van der Waals surface area contributed by atoms with Crippen LogP contribution in [0.3, 0.4) is 0 Å². The number of aliphatic hydroxyl groups is 2. The summed E-state index contributed by atoms with van der Waals surface area (Å²) in [5.74, 6) is -0.137. The number of nitrogens with two attached hydrogens (primary N) is 1. The van der Waals surface area contributed by atoms with Crippen LogP contribution >= 0.6 is 39.4 Å². The third kappa shape index (κ3) is 6.95. The molecule has 20 nitrogen and oxygen atoms in total. The molecule has 24 heteroatoms. The van der Waals surface area contributed by atoms with E-state index in [9.17, 15) is 43.7 Å². The number of fused-ring (bicyclic) bond motifs is 2. The molecule has 0 radical (unpaired) electrons. The van der Waals surface area contributed by atoms with Gasteiger partial charge < -0.3 is 40.5 Å². The number of benzene rings is 1. The number of halogens is 1. The molecule has 8 N–H and O–H groups in total. The van der Waals surface area contributed by atoms with Crippen molar-refractivity contribution in [2.45, 2.75) is 31.3 Å². The minimum Gasteiger partial charge on any atom is -0.507 e. The van der Waals surface area contributed by atoms with E-state index in [1.807, 2.05) is 0 Å². The number of nitrogen functional groups attached to an aromatic ring is 1. The topological polar surface area (TPSA) is 301 Å². The first-order chi connectivity index (χ1) is 20.1. The fraction of sp³-hybridized carbons (Fsp3) is 0.263. The van der Waals surface area contributed by atoms with Crippen LogP contribution in [-0.4, -0.2) is 73.0 Å². The molecule has 1 fully saturated rings. The van der Waals surface area contributed by atoms with Crippen molar-refractivity contribution in [3.8, 4) is 5.75 Å². The quantitative estimate of drug-likeness (QED) is 0.114. The minimum absolute atomic E-state index is 0.0106. The Morgan fingerprint density at radius 3 is 2.40 bits per heavy atom. The maximum atomic E-state index is 12.5. The first-order valence-electron chi connectivity index (χ1n) is 11.5. The Kier molecular flexibility index (Phi) is 8.78. The third-order valence-electron chi connectivity index (χ3n) is 5.72. The normalized spacial score (nSPS) is 25.0. The smallest absolute Gasteiger partial charge is 0.490 e. The van der Waals surface area contributed by atoms with Gasteiger partial charge in [-0.25, -0.2) is 33.6 Å². The van der Waals surface area contributed by atoms with Crippen molar-refractivity contribution in [2.24, 2.45) is 0 Å². The number of phosphoric ester groups is 2. The highest BCUT2D eigenvalue weighted by Crippen LogP contribution is 2.68. The highest BCUT2D eigenvalue weighted by atomic mass is 79.9. The van der Waals surface area contributed by atoms with Crippen molar-refractivity contribution in [3.63, 3.8) is 0 Å². The summed E-state index contributed by atoms with van der Waals surface area (Å²) in [6.45, 7) is -0.750. The summed E-state index contributed by atoms with van der Waals surface area (Å²) in [4.78, 5) is 45.6. The molecule has 232 valence electrons. The lowest BCUT2D eigenvalue weighted by molar-refractivity contribution is -0.133. The molecule has 0 amide bonds. The summed E-state index contributed by atoms with van der Waals surface area (Å²) in [7, 11) is -17.1. The molecule has 4 unspecified atom stereocenters. The highest BCUT2D eigenvalue weighted by Gasteiger charge is 2.50. The summed E-state index contributed by atoms with van der Waals surface area (Å²) in [5.41, 5.74) is 6.19. The monoisotopic (exact) mass is 728 g/mol. The molecule has 4 aromatic rings. The van der Waals surface area contributed by atoms with Gasteiger partial charge >= 0.3 is 23.5 Å². The molecule has 1 aliphatic heterocycles. The van der Waals surface area contributed by atoms with Crippen LogP contribution in [0.15, 0.2) is 41.4 Å². The van der Waals surface area contributed by atoms with Crippen molar-refractivity contribution < 1.29 is 66.1 Å². The van der Waals surface area contributed by atoms with E-state index in [1.165, 1.54) is 12.1 Å². The van der Waals surface area contributed by atoms with Crippen LogP contribution in [0.5, 0.6) is 5.75 Å². The number of hydrogen-bond acceptors (Lipinski definition) is 16. The number of ether oxygens (including phenoxy) is 1. The summed E-state index contributed by atoms with van der Waals surface area (Å²) < 4.78 is 61.0.